The van der Waals surface area contributed by atoms with Gasteiger partial charge in [0.2, 0.25) is 5.91 Å². The lowest BCUT2D eigenvalue weighted by molar-refractivity contribution is -0.132. The van der Waals surface area contributed by atoms with Crippen molar-refractivity contribution in [1.82, 2.24) is 4.90 Å². The van der Waals surface area contributed by atoms with Crippen LogP contribution in [0.5, 0.6) is 0 Å². The van der Waals surface area contributed by atoms with E-state index in [9.17, 15) is 4.79 Å². The number of carbonyl (C=O) groups excluding carboxylic acids is 1. The Hall–Kier alpha value is -0.0900. The van der Waals surface area contributed by atoms with E-state index in [4.69, 9.17) is 12.2 Å². The molecule has 0 spiro atoms. The first-order valence-corrected chi connectivity index (χ1v) is 3.60. The lowest BCUT2D eigenvalue weighted by Gasteiger charge is -2.23. The minimum Gasteiger partial charge on any atom is -0.295 e. The molecule has 0 saturated carbocycles. The molecule has 4 heteroatoms. The summed E-state index contributed by atoms with van der Waals surface area (Å²) in [6.45, 7) is 0.863. The number of carbonyl (C=O) groups is 1. The van der Waals surface area contributed by atoms with E-state index in [2.05, 4.69) is 0 Å². The topological polar surface area (TPSA) is 20.3 Å². The molecular weight excluding hydrogens is 142 g/mol. The molecule has 3 fully saturated rings. The maximum Gasteiger partial charge on any atom is 0.243 e. The van der Waals surface area contributed by atoms with Gasteiger partial charge in [-0.05, 0) is 0 Å². The van der Waals surface area contributed by atoms with Crippen LogP contribution in [0.15, 0.2) is 0 Å². The largest absolute Gasteiger partial charge is 0.295 e. The van der Waals surface area contributed by atoms with Crippen LogP contribution in [0, 0.1) is 0 Å². The van der Waals surface area contributed by atoms with Gasteiger partial charge in [0.15, 0.2) is 0 Å². The first kappa shape index (κ1) is 4.76. The minimum absolute atomic E-state index is 0.197. The van der Waals surface area contributed by atoms with Gasteiger partial charge in [-0.3, -0.25) is 9.69 Å². The van der Waals surface area contributed by atoms with Gasteiger partial charge in [-0.25, -0.2) is 0 Å². The number of thioether (sulfide) groups is 1. The highest BCUT2D eigenvalue weighted by Gasteiger charge is 2.48. The number of β-lactam (4-membered cyclic amide) rings is 1. The molecule has 3 rings (SSSR count). The van der Waals surface area contributed by atoms with Gasteiger partial charge in [0, 0.05) is 6.54 Å². The average Bonchev–Trinajstić information content (AvgIpc) is 2.19. The Balaban J connectivity index is 2.36. The molecule has 42 valence electrons. The maximum atomic E-state index is 10.7. The van der Waals surface area contributed by atoms with E-state index in [0.717, 1.165) is 10.9 Å². The van der Waals surface area contributed by atoms with Crippen LogP contribution >= 0.6 is 24.0 Å². The Kier molecular flexibility index (Phi) is 0.742. The Bertz CT molecular complexity index is 171. The third kappa shape index (κ3) is 0.359. The molecule has 2 nitrogen and oxygen atoms in total. The Morgan fingerprint density at radius 3 is 2.75 bits per heavy atom. The summed E-state index contributed by atoms with van der Waals surface area (Å²) >= 11 is 6.34. The number of thiocarbonyl (C=S) groups is 1. The number of hydrogen-bond acceptors (Lipinski definition) is 3. The zero-order valence-corrected chi connectivity index (χ0v) is 5.59. The fourth-order valence-electron chi connectivity index (χ4n) is 0.833. The van der Waals surface area contributed by atoms with Gasteiger partial charge in [0.05, 0.1) is 0 Å². The van der Waals surface area contributed by atoms with Crippen LogP contribution in [0.3, 0.4) is 0 Å². The van der Waals surface area contributed by atoms with Gasteiger partial charge in [-0.15, -0.1) is 0 Å². The van der Waals surface area contributed by atoms with Crippen molar-refractivity contribution < 1.29 is 4.79 Å². The standard InChI is InChI=1S/C4H3NOS2/c6-3-2-1-5(3)4(7)8-2/h2H,1H2. The predicted octanol–water partition coefficient (Wildman–Crippen LogP) is 0.229. The van der Waals surface area contributed by atoms with Gasteiger partial charge in [0.25, 0.3) is 0 Å². The monoisotopic (exact) mass is 145 g/mol. The normalized spacial score (nSPS) is 33.5. The molecule has 0 radical (unpaired) electrons. The molecule has 3 aliphatic heterocycles. The van der Waals surface area contributed by atoms with Gasteiger partial charge >= 0.3 is 0 Å². The van der Waals surface area contributed by atoms with Crippen LogP contribution in [-0.4, -0.2) is 26.9 Å². The van der Waals surface area contributed by atoms with Crippen molar-refractivity contribution in [2.45, 2.75) is 5.25 Å². The minimum atomic E-state index is 0.197. The van der Waals surface area contributed by atoms with Crippen LogP contribution in [0.1, 0.15) is 0 Å². The second kappa shape index (κ2) is 1.25. The van der Waals surface area contributed by atoms with Crippen LogP contribution in [0.4, 0.5) is 0 Å². The molecule has 8 heavy (non-hydrogen) atoms. The molecule has 1 amide bonds. The third-order valence-corrected chi connectivity index (χ3v) is 2.92. The lowest BCUT2D eigenvalue weighted by atomic mass is 10.2. The highest BCUT2D eigenvalue weighted by atomic mass is 32.2. The van der Waals surface area contributed by atoms with Gasteiger partial charge < -0.3 is 0 Å². The first-order chi connectivity index (χ1) is 3.79. The van der Waals surface area contributed by atoms with Gasteiger partial charge in [-0.1, -0.05) is 24.0 Å². The van der Waals surface area contributed by atoms with E-state index in [-0.39, 0.29) is 11.2 Å². The maximum absolute atomic E-state index is 10.7. The third-order valence-electron chi connectivity index (χ3n) is 1.35. The highest BCUT2D eigenvalue weighted by Crippen LogP contribution is 2.36. The SMILES string of the molecule is O=C1C2CN1C(=S)S2. The van der Waals surface area contributed by atoms with E-state index in [1.54, 1.807) is 4.90 Å². The molecule has 2 bridgehead atoms. The molecule has 3 heterocycles. The fourth-order valence-corrected chi connectivity index (χ4v) is 2.33. The van der Waals surface area contributed by atoms with Crippen molar-refractivity contribution in [2.75, 3.05) is 6.54 Å². The van der Waals surface area contributed by atoms with E-state index in [1.807, 2.05) is 0 Å². The number of hydrogen-bond donors (Lipinski definition) is 0. The van der Waals surface area contributed by atoms with Crippen molar-refractivity contribution in [3.63, 3.8) is 0 Å². The van der Waals surface area contributed by atoms with Crippen molar-refractivity contribution in [1.29, 1.82) is 0 Å². The zero-order chi connectivity index (χ0) is 5.72. The van der Waals surface area contributed by atoms with Crippen LogP contribution in [-0.2, 0) is 4.79 Å². The summed E-state index contributed by atoms with van der Waals surface area (Å²) in [5.74, 6) is 0.208. The molecule has 0 aromatic carbocycles. The summed E-state index contributed by atoms with van der Waals surface area (Å²) < 4.78 is 0.764. The molecule has 1 unspecified atom stereocenters. The summed E-state index contributed by atoms with van der Waals surface area (Å²) in [5.41, 5.74) is 0. The summed E-state index contributed by atoms with van der Waals surface area (Å²) in [6, 6.07) is 0. The molecule has 0 N–H and O–H groups in total. The molecule has 3 aliphatic rings. The molecule has 0 aliphatic carbocycles. The Morgan fingerprint density at radius 1 is 1.88 bits per heavy atom. The smallest absolute Gasteiger partial charge is 0.243 e. The van der Waals surface area contributed by atoms with E-state index in [1.165, 1.54) is 11.8 Å². The highest BCUT2D eigenvalue weighted by molar-refractivity contribution is 8.24. The van der Waals surface area contributed by atoms with E-state index < -0.39 is 0 Å². The number of amides is 1. The van der Waals surface area contributed by atoms with E-state index >= 15 is 0 Å². The number of rotatable bonds is 0. The number of fused-ring (bicyclic) bond motifs is 1. The average molecular weight is 145 g/mol. The Morgan fingerprint density at radius 2 is 2.62 bits per heavy atom. The predicted molar refractivity (Wildman–Crippen MR) is 35.7 cm³/mol. The summed E-state index contributed by atoms with van der Waals surface area (Å²) in [4.78, 5) is 12.3. The molecule has 0 aromatic heterocycles. The lowest BCUT2D eigenvalue weighted by Crippen LogP contribution is -2.47. The van der Waals surface area contributed by atoms with Crippen LogP contribution < -0.4 is 0 Å². The molecule has 3 saturated heterocycles. The van der Waals surface area contributed by atoms with E-state index in [0.29, 0.717) is 0 Å². The van der Waals surface area contributed by atoms with Crippen molar-refractivity contribution in [3.05, 3.63) is 0 Å². The van der Waals surface area contributed by atoms with Gasteiger partial charge in [0.1, 0.15) is 9.57 Å². The van der Waals surface area contributed by atoms with Gasteiger partial charge in [-0.2, -0.15) is 0 Å². The summed E-state index contributed by atoms with van der Waals surface area (Å²) in [7, 11) is 0. The first-order valence-electron chi connectivity index (χ1n) is 2.31. The van der Waals surface area contributed by atoms with Crippen molar-refractivity contribution >= 4 is 34.2 Å². The zero-order valence-electron chi connectivity index (χ0n) is 3.96. The van der Waals surface area contributed by atoms with Crippen LogP contribution in [0.25, 0.3) is 0 Å². The second-order valence-corrected chi connectivity index (χ2v) is 3.66. The number of nitrogens with zero attached hydrogens (tertiary/aromatic N) is 1. The molecule has 1 atom stereocenters. The molecule has 0 aromatic rings. The quantitative estimate of drug-likeness (QED) is 0.359. The van der Waals surface area contributed by atoms with Crippen molar-refractivity contribution in [3.8, 4) is 0 Å². The summed E-state index contributed by atoms with van der Waals surface area (Å²) in [5, 5.41) is 0.197. The molecular formula is C4H3NOS2. The Labute approximate surface area is 56.2 Å². The summed E-state index contributed by atoms with van der Waals surface area (Å²) in [6.07, 6.45) is 0. The fraction of sp³-hybridized carbons (Fsp3) is 0.500. The van der Waals surface area contributed by atoms with Crippen LogP contribution in [0.2, 0.25) is 0 Å². The second-order valence-electron chi connectivity index (χ2n) is 1.82. The van der Waals surface area contributed by atoms with Crippen molar-refractivity contribution in [2.24, 2.45) is 0 Å².